The number of nitrogens with one attached hydrogen (secondary N) is 1. The van der Waals surface area contributed by atoms with Gasteiger partial charge in [0.15, 0.2) is 0 Å². The first-order chi connectivity index (χ1) is 15.1. The number of benzene rings is 2. The maximum Gasteiger partial charge on any atom is 0.331 e. The highest BCUT2D eigenvalue weighted by Gasteiger charge is 2.23. The van der Waals surface area contributed by atoms with Crippen LogP contribution in [0.2, 0.25) is 0 Å². The number of H-pyrrole nitrogens is 1. The molecule has 0 fully saturated rings. The van der Waals surface area contributed by atoms with Gasteiger partial charge in [0, 0.05) is 58.7 Å². The molecule has 3 heterocycles. The Morgan fingerprint density at radius 3 is 2.48 bits per heavy atom. The van der Waals surface area contributed by atoms with E-state index in [1.807, 2.05) is 60.3 Å². The lowest BCUT2D eigenvalue weighted by Gasteiger charge is -2.06. The third kappa shape index (κ3) is 3.03. The largest absolute Gasteiger partial charge is 0.348 e. The highest BCUT2D eigenvalue weighted by Crippen LogP contribution is 2.35. The van der Waals surface area contributed by atoms with Gasteiger partial charge < -0.3 is 9.13 Å². The fraction of sp³-hybridized carbons (Fsp3) is 0.167. The molecule has 0 amide bonds. The summed E-state index contributed by atoms with van der Waals surface area (Å²) in [5, 5.41) is 12.7. The molecule has 0 radical (unpaired) electrons. The van der Waals surface area contributed by atoms with Crippen LogP contribution < -0.4 is 5.69 Å². The predicted octanol–water partition coefficient (Wildman–Crippen LogP) is 4.94. The van der Waals surface area contributed by atoms with Crippen molar-refractivity contribution in [2.45, 2.75) is 13.0 Å². The first-order valence-electron chi connectivity index (χ1n) is 10.1. The minimum atomic E-state index is -0.319. The smallest absolute Gasteiger partial charge is 0.331 e. The summed E-state index contributed by atoms with van der Waals surface area (Å²) in [4.78, 5) is 15.9. The van der Waals surface area contributed by atoms with Crippen molar-refractivity contribution in [1.82, 2.24) is 18.7 Å². The van der Waals surface area contributed by atoms with Gasteiger partial charge in [0.05, 0.1) is 11.4 Å². The van der Waals surface area contributed by atoms with Crippen LogP contribution in [0.1, 0.15) is 12.1 Å². The van der Waals surface area contributed by atoms with Gasteiger partial charge in [0.1, 0.15) is 11.8 Å². The first kappa shape index (κ1) is 19.5. The van der Waals surface area contributed by atoms with Crippen LogP contribution in [-0.4, -0.2) is 24.0 Å². The Labute approximate surface area is 187 Å². The summed E-state index contributed by atoms with van der Waals surface area (Å²) in [5.41, 5.74) is 4.27. The van der Waals surface area contributed by atoms with E-state index in [2.05, 4.69) is 43.8 Å². The average molecular weight is 474 g/mol. The minimum absolute atomic E-state index is 0.265. The number of nitriles is 1. The van der Waals surface area contributed by atoms with E-state index in [1.54, 1.807) is 4.57 Å². The second kappa shape index (κ2) is 7.64. The number of halogens is 1. The van der Waals surface area contributed by atoms with Crippen molar-refractivity contribution in [2.24, 2.45) is 7.05 Å². The number of aromatic amines is 1. The zero-order valence-electron chi connectivity index (χ0n) is 17.0. The van der Waals surface area contributed by atoms with Crippen molar-refractivity contribution in [3.63, 3.8) is 0 Å². The SMILES string of the molecule is Cn1cc(-n2c(-c3cn(CCCBr)c4ccccc34)c(C#N)[nH]c2=O)c2ccccc21. The Hall–Kier alpha value is -3.50. The van der Waals surface area contributed by atoms with Crippen LogP contribution in [0.4, 0.5) is 0 Å². The second-order valence-corrected chi connectivity index (χ2v) is 8.33. The molecular weight excluding hydrogens is 454 g/mol. The monoisotopic (exact) mass is 473 g/mol. The molecule has 1 N–H and O–H groups in total. The van der Waals surface area contributed by atoms with Gasteiger partial charge in [0.2, 0.25) is 0 Å². The number of hydrogen-bond donors (Lipinski definition) is 1. The van der Waals surface area contributed by atoms with Crippen LogP contribution in [0.5, 0.6) is 0 Å². The molecule has 154 valence electrons. The van der Waals surface area contributed by atoms with E-state index in [0.717, 1.165) is 51.4 Å². The van der Waals surface area contributed by atoms with Crippen molar-refractivity contribution in [3.8, 4) is 23.0 Å². The Morgan fingerprint density at radius 1 is 1.03 bits per heavy atom. The number of para-hydroxylation sites is 2. The van der Waals surface area contributed by atoms with E-state index in [0.29, 0.717) is 5.69 Å². The van der Waals surface area contributed by atoms with Gasteiger partial charge in [-0.2, -0.15) is 5.26 Å². The van der Waals surface area contributed by atoms with Crippen molar-refractivity contribution in [3.05, 3.63) is 77.1 Å². The summed E-state index contributed by atoms with van der Waals surface area (Å²) < 4.78 is 5.83. The molecule has 0 saturated heterocycles. The van der Waals surface area contributed by atoms with Crippen molar-refractivity contribution in [1.29, 1.82) is 5.26 Å². The molecule has 0 spiro atoms. The van der Waals surface area contributed by atoms with Crippen molar-refractivity contribution in [2.75, 3.05) is 5.33 Å². The summed E-state index contributed by atoms with van der Waals surface area (Å²) >= 11 is 3.51. The lowest BCUT2D eigenvalue weighted by Crippen LogP contribution is -2.15. The summed E-state index contributed by atoms with van der Waals surface area (Å²) in [6.45, 7) is 0.844. The molecule has 0 aliphatic rings. The van der Waals surface area contributed by atoms with E-state index < -0.39 is 0 Å². The standard InChI is InChI=1S/C24H20BrN5O/c1-28-15-22(17-8-3-4-9-20(17)28)30-23(19(13-26)27-24(30)31)18-14-29(12-6-11-25)21-10-5-2-7-16(18)21/h2-5,7-10,14-15H,6,11-12H2,1H3,(H,27,31). The average Bonchev–Trinajstić information content (AvgIpc) is 3.43. The van der Waals surface area contributed by atoms with Gasteiger partial charge in [-0.1, -0.05) is 52.3 Å². The van der Waals surface area contributed by atoms with Crippen LogP contribution in [0.15, 0.2) is 65.7 Å². The van der Waals surface area contributed by atoms with E-state index in [1.165, 1.54) is 0 Å². The third-order valence-electron chi connectivity index (χ3n) is 5.70. The van der Waals surface area contributed by atoms with E-state index in [-0.39, 0.29) is 11.4 Å². The molecule has 2 aromatic carbocycles. The number of fused-ring (bicyclic) bond motifs is 2. The Morgan fingerprint density at radius 2 is 1.74 bits per heavy atom. The number of alkyl halides is 1. The fourth-order valence-corrected chi connectivity index (χ4v) is 4.60. The lowest BCUT2D eigenvalue weighted by molar-refractivity contribution is 0.712. The Balaban J connectivity index is 1.85. The van der Waals surface area contributed by atoms with Crippen LogP contribution >= 0.6 is 15.9 Å². The minimum Gasteiger partial charge on any atom is -0.348 e. The van der Waals surface area contributed by atoms with Gasteiger partial charge >= 0.3 is 5.69 Å². The molecule has 0 aliphatic carbocycles. The normalized spacial score (nSPS) is 11.4. The predicted molar refractivity (Wildman–Crippen MR) is 127 cm³/mol. The van der Waals surface area contributed by atoms with Crippen molar-refractivity contribution >= 4 is 37.7 Å². The highest BCUT2D eigenvalue weighted by molar-refractivity contribution is 9.09. The third-order valence-corrected chi connectivity index (χ3v) is 6.26. The van der Waals surface area contributed by atoms with Crippen LogP contribution in [-0.2, 0) is 13.6 Å². The van der Waals surface area contributed by atoms with Gasteiger partial charge in [-0.15, -0.1) is 0 Å². The van der Waals surface area contributed by atoms with E-state index in [9.17, 15) is 10.1 Å². The van der Waals surface area contributed by atoms with Crippen LogP contribution in [0, 0.1) is 11.3 Å². The molecule has 0 bridgehead atoms. The van der Waals surface area contributed by atoms with E-state index >= 15 is 0 Å². The number of hydrogen-bond acceptors (Lipinski definition) is 2. The molecule has 5 aromatic rings. The van der Waals surface area contributed by atoms with Crippen molar-refractivity contribution < 1.29 is 0 Å². The zero-order valence-corrected chi connectivity index (χ0v) is 18.6. The van der Waals surface area contributed by atoms with Gasteiger partial charge in [-0.25, -0.2) is 4.79 Å². The maximum atomic E-state index is 13.1. The summed E-state index contributed by atoms with van der Waals surface area (Å²) in [5.74, 6) is 0. The molecule has 0 saturated carbocycles. The van der Waals surface area contributed by atoms with Gasteiger partial charge in [-0.05, 0) is 18.6 Å². The number of rotatable bonds is 5. The number of aryl methyl sites for hydroxylation is 2. The van der Waals surface area contributed by atoms with Crippen LogP contribution in [0.3, 0.4) is 0 Å². The molecule has 3 aromatic heterocycles. The van der Waals surface area contributed by atoms with Gasteiger partial charge in [0.25, 0.3) is 0 Å². The molecule has 31 heavy (non-hydrogen) atoms. The molecule has 6 nitrogen and oxygen atoms in total. The second-order valence-electron chi connectivity index (χ2n) is 7.54. The molecular formula is C24H20BrN5O. The molecule has 7 heteroatoms. The number of aromatic nitrogens is 4. The Kier molecular flexibility index (Phi) is 4.79. The maximum absolute atomic E-state index is 13.1. The van der Waals surface area contributed by atoms with E-state index in [4.69, 9.17) is 0 Å². The van der Waals surface area contributed by atoms with Crippen LogP contribution in [0.25, 0.3) is 38.8 Å². The Bertz CT molecular complexity index is 1530. The quantitative estimate of drug-likeness (QED) is 0.367. The summed E-state index contributed by atoms with van der Waals surface area (Å²) in [6, 6.07) is 18.3. The molecule has 0 aliphatic heterocycles. The molecule has 0 atom stereocenters. The number of imidazole rings is 1. The zero-order chi connectivity index (χ0) is 21.5. The summed E-state index contributed by atoms with van der Waals surface area (Å²) in [6.07, 6.45) is 4.97. The fourth-order valence-electron chi connectivity index (χ4n) is 4.35. The summed E-state index contributed by atoms with van der Waals surface area (Å²) in [7, 11) is 1.96. The number of nitrogens with zero attached hydrogens (tertiary/aromatic N) is 4. The first-order valence-corrected chi connectivity index (χ1v) is 11.2. The molecule has 5 rings (SSSR count). The lowest BCUT2D eigenvalue weighted by atomic mass is 10.1. The molecule has 0 unspecified atom stereocenters. The van der Waals surface area contributed by atoms with Gasteiger partial charge in [-0.3, -0.25) is 9.55 Å². The topological polar surface area (TPSA) is 71.4 Å². The highest BCUT2D eigenvalue weighted by atomic mass is 79.9.